The van der Waals surface area contributed by atoms with Crippen molar-refractivity contribution in [1.29, 1.82) is 5.26 Å². The highest BCUT2D eigenvalue weighted by Crippen LogP contribution is 2.34. The molecule has 1 saturated carbocycles. The topological polar surface area (TPSA) is 181 Å². The van der Waals surface area contributed by atoms with Gasteiger partial charge in [-0.1, -0.05) is 0 Å². The molecule has 302 valence electrons. The van der Waals surface area contributed by atoms with Gasteiger partial charge in [0.25, 0.3) is 17.7 Å². The average Bonchev–Trinajstić information content (AvgIpc) is 3.46. The van der Waals surface area contributed by atoms with Gasteiger partial charge < -0.3 is 19.9 Å². The summed E-state index contributed by atoms with van der Waals surface area (Å²) in [6.45, 7) is 6.99. The van der Waals surface area contributed by atoms with Gasteiger partial charge in [-0.25, -0.2) is 4.39 Å². The molecule has 1 aliphatic carbocycles. The zero-order chi connectivity index (χ0) is 40.5. The van der Waals surface area contributed by atoms with Crippen LogP contribution in [-0.4, -0.2) is 114 Å². The van der Waals surface area contributed by atoms with Crippen LogP contribution in [0, 0.1) is 30.0 Å². The first-order valence-corrected chi connectivity index (χ1v) is 20.1. The molecule has 1 atom stereocenters. The molecule has 15 nitrogen and oxygen atoms in total. The van der Waals surface area contributed by atoms with Crippen molar-refractivity contribution in [3.05, 3.63) is 76.2 Å². The van der Waals surface area contributed by atoms with Crippen LogP contribution in [0.15, 0.2) is 42.5 Å². The summed E-state index contributed by atoms with van der Waals surface area (Å²) in [4.78, 5) is 70.7. The standard InChI is InChI=1S/C42H46FN9O6/c1-25-20-30(5-2-27(25)23-44)58-29-6-3-28(4-7-29)45-39(54)34-8-10-37(48-47-34)51-14-12-26(13-15-51)24-49-16-18-50(19-17-49)36-22-32-31(21-33(36)43)41(56)52(42(32)57)35-9-11-38(53)46-40(35)55/h2,5,8,10,20-22,26,28-29,35H,3-4,6-7,9,11-19,24H2,1H3,(H,45,54)(H,46,53,55)/t28?,29?,35-/m1/s1. The maximum absolute atomic E-state index is 15.4. The van der Waals surface area contributed by atoms with Crippen LogP contribution in [0.1, 0.15) is 93.7 Å². The normalized spacial score (nSPS) is 23.1. The number of halogens is 1. The predicted molar refractivity (Wildman–Crippen MR) is 209 cm³/mol. The molecule has 58 heavy (non-hydrogen) atoms. The third-order valence-corrected chi connectivity index (χ3v) is 12.2. The number of amides is 5. The van der Waals surface area contributed by atoms with Gasteiger partial charge in [-0.15, -0.1) is 10.2 Å². The van der Waals surface area contributed by atoms with Crippen molar-refractivity contribution in [2.24, 2.45) is 5.92 Å². The number of piperidine rings is 2. The van der Waals surface area contributed by atoms with Gasteiger partial charge in [-0.2, -0.15) is 5.26 Å². The molecule has 0 bridgehead atoms. The quantitative estimate of drug-likeness (QED) is 0.302. The minimum Gasteiger partial charge on any atom is -0.490 e. The predicted octanol–water partition coefficient (Wildman–Crippen LogP) is 3.36. The maximum atomic E-state index is 15.4. The number of hydrogen-bond acceptors (Lipinski definition) is 12. The van der Waals surface area contributed by atoms with Crippen LogP contribution in [0.5, 0.6) is 5.75 Å². The smallest absolute Gasteiger partial charge is 0.272 e. The highest BCUT2D eigenvalue weighted by Gasteiger charge is 2.45. The Kier molecular flexibility index (Phi) is 11.1. The molecule has 5 aliphatic rings. The second-order valence-electron chi connectivity index (χ2n) is 15.9. The number of fused-ring (bicyclic) bond motifs is 1. The number of aryl methyl sites for hydroxylation is 1. The number of hydrogen-bond donors (Lipinski definition) is 2. The zero-order valence-electron chi connectivity index (χ0n) is 32.4. The highest BCUT2D eigenvalue weighted by atomic mass is 19.1. The van der Waals surface area contributed by atoms with Crippen LogP contribution in [0.2, 0.25) is 0 Å². The molecule has 4 aliphatic heterocycles. The van der Waals surface area contributed by atoms with Crippen molar-refractivity contribution < 1.29 is 33.1 Å². The van der Waals surface area contributed by atoms with Gasteiger partial charge in [-0.05, 0) is 106 Å². The third kappa shape index (κ3) is 8.08. The molecular formula is C42H46FN9O6. The number of nitrogens with one attached hydrogen (secondary N) is 2. The molecule has 2 N–H and O–H groups in total. The van der Waals surface area contributed by atoms with Crippen molar-refractivity contribution in [2.75, 3.05) is 55.6 Å². The third-order valence-electron chi connectivity index (χ3n) is 12.2. The Morgan fingerprint density at radius 2 is 1.60 bits per heavy atom. The van der Waals surface area contributed by atoms with E-state index in [-0.39, 0.29) is 47.7 Å². The Balaban J connectivity index is 0.764. The molecule has 1 aromatic heterocycles. The minimum absolute atomic E-state index is 0.0149. The molecule has 0 radical (unpaired) electrons. The molecule has 5 amide bonds. The van der Waals surface area contributed by atoms with Gasteiger partial charge in [0.2, 0.25) is 11.8 Å². The molecule has 5 heterocycles. The first-order chi connectivity index (χ1) is 28.0. The van der Waals surface area contributed by atoms with E-state index in [1.165, 1.54) is 6.07 Å². The minimum atomic E-state index is -1.10. The number of aromatic nitrogens is 2. The summed E-state index contributed by atoms with van der Waals surface area (Å²) >= 11 is 0. The number of carbonyl (C=O) groups excluding carboxylic acids is 5. The molecule has 0 spiro atoms. The second kappa shape index (κ2) is 16.5. The fourth-order valence-corrected chi connectivity index (χ4v) is 8.83. The van der Waals surface area contributed by atoms with E-state index in [9.17, 15) is 24.0 Å². The van der Waals surface area contributed by atoms with Gasteiger partial charge >= 0.3 is 0 Å². The number of benzene rings is 2. The summed E-state index contributed by atoms with van der Waals surface area (Å²) in [5.74, 6) is -1.37. The van der Waals surface area contributed by atoms with E-state index >= 15 is 4.39 Å². The van der Waals surface area contributed by atoms with Crippen LogP contribution in [-0.2, 0) is 9.59 Å². The second-order valence-corrected chi connectivity index (χ2v) is 15.9. The number of nitriles is 1. The molecule has 3 saturated heterocycles. The fourth-order valence-electron chi connectivity index (χ4n) is 8.83. The Bertz CT molecular complexity index is 2150. The largest absolute Gasteiger partial charge is 0.490 e. The van der Waals surface area contributed by atoms with Crippen molar-refractivity contribution in [3.8, 4) is 11.8 Å². The van der Waals surface area contributed by atoms with Crippen LogP contribution in [0.3, 0.4) is 0 Å². The van der Waals surface area contributed by atoms with E-state index in [2.05, 4.69) is 36.7 Å². The van der Waals surface area contributed by atoms with E-state index in [0.29, 0.717) is 43.4 Å². The average molecular weight is 792 g/mol. The first-order valence-electron chi connectivity index (χ1n) is 20.1. The van der Waals surface area contributed by atoms with Crippen LogP contribution < -0.4 is 25.2 Å². The first kappa shape index (κ1) is 38.9. The summed E-state index contributed by atoms with van der Waals surface area (Å²) in [7, 11) is 0. The highest BCUT2D eigenvalue weighted by molar-refractivity contribution is 6.23. The van der Waals surface area contributed by atoms with Crippen LogP contribution >= 0.6 is 0 Å². The van der Waals surface area contributed by atoms with Crippen molar-refractivity contribution in [2.45, 2.75) is 76.5 Å². The zero-order valence-corrected chi connectivity index (χ0v) is 32.4. The van der Waals surface area contributed by atoms with E-state index < -0.39 is 35.5 Å². The Morgan fingerprint density at radius 3 is 2.26 bits per heavy atom. The summed E-state index contributed by atoms with van der Waals surface area (Å²) in [5, 5.41) is 23.1. The molecular weight excluding hydrogens is 746 g/mol. The summed E-state index contributed by atoms with van der Waals surface area (Å²) in [6.07, 6.45) is 5.30. The van der Waals surface area contributed by atoms with Gasteiger partial charge in [0.15, 0.2) is 11.5 Å². The van der Waals surface area contributed by atoms with Gasteiger partial charge in [0.1, 0.15) is 17.6 Å². The monoisotopic (exact) mass is 791 g/mol. The van der Waals surface area contributed by atoms with E-state index in [0.717, 1.165) is 86.3 Å². The number of carbonyl (C=O) groups is 5. The van der Waals surface area contributed by atoms with Crippen molar-refractivity contribution >= 4 is 41.0 Å². The van der Waals surface area contributed by atoms with E-state index in [1.54, 1.807) is 12.1 Å². The molecule has 16 heteroatoms. The van der Waals surface area contributed by atoms with Crippen LogP contribution in [0.4, 0.5) is 15.9 Å². The number of anilines is 2. The lowest BCUT2D eigenvalue weighted by atomic mass is 9.92. The lowest BCUT2D eigenvalue weighted by Crippen LogP contribution is -2.54. The van der Waals surface area contributed by atoms with Gasteiger partial charge in [0, 0.05) is 58.3 Å². The maximum Gasteiger partial charge on any atom is 0.272 e. The summed E-state index contributed by atoms with van der Waals surface area (Å²) in [5.41, 5.74) is 2.08. The number of rotatable bonds is 9. The molecule has 2 aromatic carbocycles. The molecule has 4 fully saturated rings. The summed E-state index contributed by atoms with van der Waals surface area (Å²) < 4.78 is 21.6. The number of piperazine rings is 1. The SMILES string of the molecule is Cc1cc(OC2CCC(NC(=O)c3ccc(N4CCC(CN5CCN(c6cc7c(cc6F)C(=O)N([C@@H]6CCC(=O)NC6=O)C7=O)CC5)CC4)nn3)CC2)ccc1C#N. The van der Waals surface area contributed by atoms with Crippen molar-refractivity contribution in [3.63, 3.8) is 0 Å². The Labute approximate surface area is 335 Å². The van der Waals surface area contributed by atoms with E-state index in [4.69, 9.17) is 10.00 Å². The number of imide groups is 2. The number of ether oxygens (including phenoxy) is 1. The molecule has 8 rings (SSSR count). The van der Waals surface area contributed by atoms with Gasteiger partial charge in [0.05, 0.1) is 34.6 Å². The summed E-state index contributed by atoms with van der Waals surface area (Å²) in [6, 6.07) is 12.7. The molecule has 3 aromatic rings. The van der Waals surface area contributed by atoms with Crippen molar-refractivity contribution in [1.82, 2.24) is 30.6 Å². The Hall–Kier alpha value is -5.95. The fraction of sp³-hybridized carbons (Fsp3) is 0.476. The van der Waals surface area contributed by atoms with E-state index in [1.807, 2.05) is 30.0 Å². The molecule has 0 unspecified atom stereocenters. The number of nitrogens with zero attached hydrogens (tertiary/aromatic N) is 7. The van der Waals surface area contributed by atoms with Crippen LogP contribution in [0.25, 0.3) is 0 Å². The lowest BCUT2D eigenvalue weighted by Gasteiger charge is -2.39. The van der Waals surface area contributed by atoms with Gasteiger partial charge in [-0.3, -0.25) is 39.1 Å². The Morgan fingerprint density at radius 1 is 0.879 bits per heavy atom. The lowest BCUT2D eigenvalue weighted by molar-refractivity contribution is -0.136.